The number of hydrogen-bond acceptors (Lipinski definition) is 9. The number of carbonyl (C=O) groups is 5. The molecule has 0 radical (unpaired) electrons. The molecule has 0 atom stereocenters. The van der Waals surface area contributed by atoms with Crippen molar-refractivity contribution in [1.82, 2.24) is 14.0 Å². The number of aromatic nitrogens is 2. The molecule has 2 aromatic heterocycles. The molecule has 3 aromatic rings. The van der Waals surface area contributed by atoms with Gasteiger partial charge in [0.2, 0.25) is 17.0 Å². The first-order valence-electron chi connectivity index (χ1n) is 13.3. The monoisotopic (exact) mass is 594 g/mol. The zero-order valence-electron chi connectivity index (χ0n) is 23.5. The summed E-state index contributed by atoms with van der Waals surface area (Å²) in [6, 6.07) is 2.54. The average Bonchev–Trinajstić information content (AvgIpc) is 3.29. The van der Waals surface area contributed by atoms with E-state index >= 15 is 4.39 Å². The van der Waals surface area contributed by atoms with Crippen LogP contribution in [0.4, 0.5) is 14.9 Å². The summed E-state index contributed by atoms with van der Waals surface area (Å²) in [5.41, 5.74) is -0.630. The Kier molecular flexibility index (Phi) is 7.61. The minimum absolute atomic E-state index is 0.00217. The number of pyridine rings is 1. The highest BCUT2D eigenvalue weighted by atomic mass is 19.1. The zero-order chi connectivity index (χ0) is 31.2. The van der Waals surface area contributed by atoms with Crippen molar-refractivity contribution in [3.63, 3.8) is 0 Å². The first-order valence-corrected chi connectivity index (χ1v) is 13.3. The summed E-state index contributed by atoms with van der Waals surface area (Å²) in [6.45, 7) is 2.53. The predicted octanol–water partition coefficient (Wildman–Crippen LogP) is 2.38. The molecule has 2 aliphatic rings. The van der Waals surface area contributed by atoms with E-state index < -0.39 is 40.4 Å². The standard InChI is InChI=1S/C29H27FN4O9/c1-4-32-12-16(28(39)40)26(37)15-9-18(30)20(10-19(15)32)33-5-7-34(8-6-33)29(41)43-14-21-17(13-35)24-25(31(21)2)22(36)11-23(42-3)27(24)38/h9-13H,4-8,14H2,1-3H3,(H,39,40). The van der Waals surface area contributed by atoms with Crippen LogP contribution < -0.4 is 10.3 Å². The van der Waals surface area contributed by atoms with Crippen LogP contribution in [0.25, 0.3) is 10.9 Å². The molecule has 43 heavy (non-hydrogen) atoms. The molecule has 3 heterocycles. The molecule has 0 spiro atoms. The molecule has 14 heteroatoms. The number of carboxylic acid groups (broad SMARTS) is 1. The Morgan fingerprint density at radius 3 is 2.42 bits per heavy atom. The van der Waals surface area contributed by atoms with Gasteiger partial charge in [0.1, 0.15) is 23.7 Å². The molecular formula is C29H27FN4O9. The molecule has 1 fully saturated rings. The normalized spacial score (nSPS) is 14.9. The molecule has 0 unspecified atom stereocenters. The van der Waals surface area contributed by atoms with E-state index in [0.29, 0.717) is 18.3 Å². The van der Waals surface area contributed by atoms with Gasteiger partial charge in [-0.15, -0.1) is 0 Å². The fraction of sp³-hybridized carbons (Fsp3) is 0.310. The fourth-order valence-corrected chi connectivity index (χ4v) is 5.51. The van der Waals surface area contributed by atoms with Crippen molar-refractivity contribution >= 4 is 46.5 Å². The van der Waals surface area contributed by atoms with Crippen LogP contribution in [0.5, 0.6) is 0 Å². The van der Waals surface area contributed by atoms with Gasteiger partial charge < -0.3 is 33.5 Å². The number of methoxy groups -OCH3 is 1. The van der Waals surface area contributed by atoms with Crippen molar-refractivity contribution in [2.75, 3.05) is 38.2 Å². The molecule has 13 nitrogen and oxygen atoms in total. The lowest BCUT2D eigenvalue weighted by molar-refractivity contribution is 0.0694. The summed E-state index contributed by atoms with van der Waals surface area (Å²) in [5.74, 6) is -3.43. The molecule has 1 saturated heterocycles. The molecule has 1 aliphatic carbocycles. The van der Waals surface area contributed by atoms with Crippen molar-refractivity contribution in [2.24, 2.45) is 7.05 Å². The van der Waals surface area contributed by atoms with E-state index in [1.807, 2.05) is 0 Å². The number of ketones is 2. The third-order valence-electron chi connectivity index (χ3n) is 7.77. The number of amides is 1. The number of rotatable bonds is 7. The second-order valence-corrected chi connectivity index (χ2v) is 9.98. The minimum Gasteiger partial charge on any atom is -0.492 e. The average molecular weight is 595 g/mol. The Morgan fingerprint density at radius 1 is 1.12 bits per heavy atom. The smallest absolute Gasteiger partial charge is 0.410 e. The number of aryl methyl sites for hydroxylation is 1. The first kappa shape index (κ1) is 29.2. The maximum atomic E-state index is 15.2. The largest absolute Gasteiger partial charge is 0.492 e. The number of aromatic carboxylic acids is 1. The van der Waals surface area contributed by atoms with Crippen LogP contribution in [-0.2, 0) is 29.7 Å². The number of carboxylic acids is 1. The number of anilines is 1. The Bertz CT molecular complexity index is 1810. The third kappa shape index (κ3) is 4.83. The van der Waals surface area contributed by atoms with Gasteiger partial charge in [0.25, 0.3) is 0 Å². The van der Waals surface area contributed by atoms with Crippen LogP contribution in [-0.4, -0.2) is 82.3 Å². The van der Waals surface area contributed by atoms with Crippen molar-refractivity contribution in [1.29, 1.82) is 0 Å². The number of benzene rings is 1. The highest BCUT2D eigenvalue weighted by Crippen LogP contribution is 2.30. The van der Waals surface area contributed by atoms with Crippen LogP contribution in [0.2, 0.25) is 0 Å². The van der Waals surface area contributed by atoms with Gasteiger partial charge in [0.05, 0.1) is 35.1 Å². The minimum atomic E-state index is -1.39. The summed E-state index contributed by atoms with van der Waals surface area (Å²) in [7, 11) is 2.73. The lowest BCUT2D eigenvalue weighted by Crippen LogP contribution is -2.49. The molecular weight excluding hydrogens is 567 g/mol. The van der Waals surface area contributed by atoms with E-state index in [9.17, 15) is 33.9 Å². The molecule has 0 bridgehead atoms. The number of allylic oxidation sites excluding steroid dienone is 2. The van der Waals surface area contributed by atoms with Gasteiger partial charge in [-0.3, -0.25) is 19.2 Å². The summed E-state index contributed by atoms with van der Waals surface area (Å²) in [5, 5.41) is 9.31. The van der Waals surface area contributed by atoms with Crippen LogP contribution in [0.3, 0.4) is 0 Å². The number of nitrogens with zero attached hydrogens (tertiary/aromatic N) is 4. The molecule has 1 aromatic carbocycles. The zero-order valence-corrected chi connectivity index (χ0v) is 23.5. The van der Waals surface area contributed by atoms with Crippen molar-refractivity contribution in [2.45, 2.75) is 20.1 Å². The second-order valence-electron chi connectivity index (χ2n) is 9.98. The topological polar surface area (TPSA) is 157 Å². The van der Waals surface area contributed by atoms with Crippen molar-refractivity contribution < 1.29 is 42.9 Å². The molecule has 5 rings (SSSR count). The van der Waals surface area contributed by atoms with Gasteiger partial charge in [-0.25, -0.2) is 14.0 Å². The van der Waals surface area contributed by atoms with Crippen LogP contribution in [0, 0.1) is 5.82 Å². The third-order valence-corrected chi connectivity index (χ3v) is 7.77. The van der Waals surface area contributed by atoms with E-state index in [2.05, 4.69) is 0 Å². The van der Waals surface area contributed by atoms with Gasteiger partial charge in [0.15, 0.2) is 12.0 Å². The Labute approximate surface area is 243 Å². The lowest BCUT2D eigenvalue weighted by Gasteiger charge is -2.35. The summed E-state index contributed by atoms with van der Waals surface area (Å²) < 4.78 is 28.5. The van der Waals surface area contributed by atoms with Gasteiger partial charge in [0, 0.05) is 57.4 Å². The number of halogens is 1. The van der Waals surface area contributed by atoms with Crippen LogP contribution in [0.1, 0.15) is 54.2 Å². The van der Waals surface area contributed by atoms with Gasteiger partial charge >= 0.3 is 12.1 Å². The number of ether oxygens (including phenoxy) is 2. The number of piperazine rings is 1. The Morgan fingerprint density at radius 2 is 1.81 bits per heavy atom. The van der Waals surface area contributed by atoms with E-state index in [0.717, 1.165) is 12.1 Å². The maximum Gasteiger partial charge on any atom is 0.410 e. The van der Waals surface area contributed by atoms with Crippen molar-refractivity contribution in [3.05, 3.63) is 74.3 Å². The second kappa shape index (κ2) is 11.2. The quantitative estimate of drug-likeness (QED) is 0.403. The molecule has 224 valence electrons. The number of fused-ring (bicyclic) bond motifs is 2. The van der Waals surface area contributed by atoms with E-state index in [4.69, 9.17) is 9.47 Å². The van der Waals surface area contributed by atoms with Crippen LogP contribution >= 0.6 is 0 Å². The highest BCUT2D eigenvalue weighted by Gasteiger charge is 2.35. The molecule has 1 aliphatic heterocycles. The number of hydrogen-bond donors (Lipinski definition) is 1. The van der Waals surface area contributed by atoms with E-state index in [1.165, 1.54) is 35.9 Å². The Balaban J connectivity index is 1.31. The molecule has 0 saturated carbocycles. The van der Waals surface area contributed by atoms with E-state index in [-0.39, 0.29) is 72.1 Å². The summed E-state index contributed by atoms with van der Waals surface area (Å²) in [6.07, 6.45) is 2.01. The maximum absolute atomic E-state index is 15.2. The fourth-order valence-electron chi connectivity index (χ4n) is 5.51. The SMILES string of the molecule is CCn1cc(C(=O)O)c(=O)c2cc(F)c(N3CCN(C(=O)OCc4c(C=O)c5c(n4C)C(=O)C=C(OC)C5=O)CC3)cc21. The predicted molar refractivity (Wildman–Crippen MR) is 149 cm³/mol. The Hall–Kier alpha value is -5.27. The summed E-state index contributed by atoms with van der Waals surface area (Å²) in [4.78, 5) is 77.4. The van der Waals surface area contributed by atoms with Crippen molar-refractivity contribution in [3.8, 4) is 0 Å². The number of carbonyl (C=O) groups excluding carboxylic acids is 4. The molecule has 1 N–H and O–H groups in total. The first-order chi connectivity index (χ1) is 20.5. The number of aldehydes is 1. The van der Waals surface area contributed by atoms with Crippen LogP contribution in [0.15, 0.2) is 35.0 Å². The highest BCUT2D eigenvalue weighted by molar-refractivity contribution is 6.25. The van der Waals surface area contributed by atoms with Gasteiger partial charge in [-0.05, 0) is 19.1 Å². The van der Waals surface area contributed by atoms with E-state index in [1.54, 1.807) is 16.4 Å². The molecule has 1 amide bonds. The summed E-state index contributed by atoms with van der Waals surface area (Å²) >= 11 is 0. The number of Topliss-reactive ketones (excluding diaryl/α,β-unsaturated/α-hetero) is 1. The lowest BCUT2D eigenvalue weighted by atomic mass is 9.96. The van der Waals surface area contributed by atoms with Gasteiger partial charge in [-0.1, -0.05) is 0 Å². The van der Waals surface area contributed by atoms with Gasteiger partial charge in [-0.2, -0.15) is 0 Å².